The molecule has 1 saturated heterocycles. The highest BCUT2D eigenvalue weighted by Crippen LogP contribution is 2.49. The number of ether oxygens (including phenoxy) is 1. The average molecular weight is 317 g/mol. The Hall–Kier alpha value is -2.24. The van der Waals surface area contributed by atoms with Crippen LogP contribution in [0.5, 0.6) is 0 Å². The van der Waals surface area contributed by atoms with E-state index in [4.69, 9.17) is 4.74 Å². The van der Waals surface area contributed by atoms with Gasteiger partial charge in [0, 0.05) is 24.5 Å². The number of benzene rings is 1. The summed E-state index contributed by atoms with van der Waals surface area (Å²) in [6.45, 7) is 5.23. The molecule has 1 aliphatic carbocycles. The van der Waals surface area contributed by atoms with Crippen LogP contribution in [0.1, 0.15) is 26.7 Å². The van der Waals surface area contributed by atoms with Crippen LogP contribution in [0.3, 0.4) is 0 Å². The van der Waals surface area contributed by atoms with E-state index in [0.717, 1.165) is 5.69 Å². The largest absolute Gasteiger partial charge is 0.447 e. The van der Waals surface area contributed by atoms with Gasteiger partial charge in [0.05, 0.1) is 6.54 Å². The molecule has 0 radical (unpaired) electrons. The predicted molar refractivity (Wildman–Crippen MR) is 88.7 cm³/mol. The normalized spacial score (nSPS) is 20.0. The Balaban J connectivity index is 1.68. The van der Waals surface area contributed by atoms with Crippen molar-refractivity contribution in [2.24, 2.45) is 5.41 Å². The smallest absolute Gasteiger partial charge is 0.414 e. The van der Waals surface area contributed by atoms with Gasteiger partial charge in [-0.1, -0.05) is 13.0 Å². The van der Waals surface area contributed by atoms with Crippen molar-refractivity contribution in [3.8, 4) is 0 Å². The lowest BCUT2D eigenvalue weighted by Gasteiger charge is -2.30. The van der Waals surface area contributed by atoms with Crippen LogP contribution in [0, 0.1) is 5.41 Å². The van der Waals surface area contributed by atoms with Crippen molar-refractivity contribution in [2.75, 3.05) is 30.4 Å². The molecule has 1 N–H and O–H groups in total. The van der Waals surface area contributed by atoms with E-state index in [-0.39, 0.29) is 23.6 Å². The minimum atomic E-state index is -0.346. The highest BCUT2D eigenvalue weighted by molar-refractivity contribution is 5.93. The lowest BCUT2D eigenvalue weighted by atomic mass is 10.00. The van der Waals surface area contributed by atoms with E-state index in [9.17, 15) is 9.59 Å². The molecule has 6 heteroatoms. The molecule has 0 aromatic heterocycles. The average Bonchev–Trinajstić information content (AvgIpc) is 3.14. The monoisotopic (exact) mass is 317 g/mol. The quantitative estimate of drug-likeness (QED) is 0.927. The minimum Gasteiger partial charge on any atom is -0.447 e. The number of hydrogen-bond acceptors (Lipinski definition) is 3. The minimum absolute atomic E-state index is 0.133. The molecule has 1 aromatic carbocycles. The third kappa shape index (κ3) is 3.11. The summed E-state index contributed by atoms with van der Waals surface area (Å²) in [7, 11) is 1.82. The summed E-state index contributed by atoms with van der Waals surface area (Å²) >= 11 is 0. The van der Waals surface area contributed by atoms with Crippen molar-refractivity contribution in [2.45, 2.75) is 32.7 Å². The zero-order valence-corrected chi connectivity index (χ0v) is 13.8. The number of cyclic esters (lactones) is 1. The molecule has 1 aromatic rings. The van der Waals surface area contributed by atoms with Crippen molar-refractivity contribution in [1.29, 1.82) is 0 Å². The molecule has 2 aliphatic rings. The van der Waals surface area contributed by atoms with E-state index in [1.165, 1.54) is 12.8 Å². The number of hydrogen-bond donors (Lipinski definition) is 1. The Kier molecular flexibility index (Phi) is 3.92. The van der Waals surface area contributed by atoms with Crippen molar-refractivity contribution in [3.63, 3.8) is 0 Å². The van der Waals surface area contributed by atoms with Gasteiger partial charge in [-0.15, -0.1) is 0 Å². The van der Waals surface area contributed by atoms with Gasteiger partial charge in [-0.05, 0) is 43.4 Å². The van der Waals surface area contributed by atoms with Crippen LogP contribution in [-0.2, 0) is 4.74 Å². The van der Waals surface area contributed by atoms with Crippen LogP contribution in [0.2, 0.25) is 0 Å². The molecule has 3 amide bonds. The highest BCUT2D eigenvalue weighted by Gasteiger charge is 2.45. The molecule has 1 heterocycles. The maximum absolute atomic E-state index is 12.4. The van der Waals surface area contributed by atoms with E-state index in [1.54, 1.807) is 15.9 Å². The predicted octanol–water partition coefficient (Wildman–Crippen LogP) is 3.30. The molecule has 1 saturated carbocycles. The molecule has 6 nitrogen and oxygen atoms in total. The number of nitrogens with zero attached hydrogens (tertiary/aromatic N) is 2. The molecule has 3 rings (SSSR count). The SMILES string of the molecule is C[C@H](N(C)C(=O)Nc1cccc(N2CCOC2=O)c1)C1(C)CC1. The summed E-state index contributed by atoms with van der Waals surface area (Å²) < 4.78 is 4.95. The van der Waals surface area contributed by atoms with Crippen molar-refractivity contribution < 1.29 is 14.3 Å². The fraction of sp³-hybridized carbons (Fsp3) is 0.529. The summed E-state index contributed by atoms with van der Waals surface area (Å²) in [5.74, 6) is 0. The Morgan fingerprint density at radius 2 is 2.17 bits per heavy atom. The summed E-state index contributed by atoms with van der Waals surface area (Å²) in [6.07, 6.45) is 1.98. The van der Waals surface area contributed by atoms with Crippen LogP contribution in [0.15, 0.2) is 24.3 Å². The Labute approximate surface area is 136 Å². The Bertz CT molecular complexity index is 627. The zero-order chi connectivity index (χ0) is 16.6. The van der Waals surface area contributed by atoms with Gasteiger partial charge in [-0.25, -0.2) is 9.59 Å². The number of urea groups is 1. The summed E-state index contributed by atoms with van der Waals surface area (Å²) in [6, 6.07) is 7.33. The molecule has 23 heavy (non-hydrogen) atoms. The van der Waals surface area contributed by atoms with Crippen LogP contribution >= 0.6 is 0 Å². The molecular weight excluding hydrogens is 294 g/mol. The van der Waals surface area contributed by atoms with Crippen molar-refractivity contribution in [3.05, 3.63) is 24.3 Å². The summed E-state index contributed by atoms with van der Waals surface area (Å²) in [5, 5.41) is 2.91. The standard InChI is InChI=1S/C17H23N3O3/c1-12(17(2)7-8-17)19(3)15(21)18-13-5-4-6-14(11-13)20-9-10-23-16(20)22/h4-6,11-12H,7-10H2,1-3H3,(H,18,21)/t12-/m0/s1. The second-order valence-electron chi connectivity index (χ2n) is 6.69. The van der Waals surface area contributed by atoms with Gasteiger partial charge in [-0.3, -0.25) is 4.90 Å². The van der Waals surface area contributed by atoms with Gasteiger partial charge in [0.2, 0.25) is 0 Å². The molecule has 1 atom stereocenters. The van der Waals surface area contributed by atoms with Crippen LogP contribution in [0.4, 0.5) is 21.0 Å². The maximum atomic E-state index is 12.4. The zero-order valence-electron chi connectivity index (χ0n) is 13.8. The topological polar surface area (TPSA) is 61.9 Å². The first-order valence-corrected chi connectivity index (χ1v) is 7.99. The second-order valence-corrected chi connectivity index (χ2v) is 6.69. The number of nitrogens with one attached hydrogen (secondary N) is 1. The third-order valence-electron chi connectivity index (χ3n) is 5.12. The van der Waals surface area contributed by atoms with Crippen molar-refractivity contribution >= 4 is 23.5 Å². The first kappa shape index (κ1) is 15.6. The van der Waals surface area contributed by atoms with Crippen LogP contribution in [-0.4, -0.2) is 43.3 Å². The summed E-state index contributed by atoms with van der Waals surface area (Å²) in [5.41, 5.74) is 1.65. The van der Waals surface area contributed by atoms with Gasteiger partial charge >= 0.3 is 12.1 Å². The number of amides is 3. The van der Waals surface area contributed by atoms with E-state index in [0.29, 0.717) is 18.8 Å². The van der Waals surface area contributed by atoms with E-state index in [1.807, 2.05) is 25.2 Å². The fourth-order valence-electron chi connectivity index (χ4n) is 2.85. The fourth-order valence-corrected chi connectivity index (χ4v) is 2.85. The second kappa shape index (κ2) is 5.76. The highest BCUT2D eigenvalue weighted by atomic mass is 16.6. The van der Waals surface area contributed by atoms with Crippen LogP contribution in [0.25, 0.3) is 0 Å². The lowest BCUT2D eigenvalue weighted by molar-refractivity contribution is 0.181. The number of anilines is 2. The van der Waals surface area contributed by atoms with Gasteiger partial charge in [0.15, 0.2) is 0 Å². The molecular formula is C17H23N3O3. The first-order chi connectivity index (χ1) is 10.9. The van der Waals surface area contributed by atoms with E-state index in [2.05, 4.69) is 19.2 Å². The molecule has 0 bridgehead atoms. The molecule has 0 spiro atoms. The number of rotatable bonds is 4. The van der Waals surface area contributed by atoms with Crippen LogP contribution < -0.4 is 10.2 Å². The lowest BCUT2D eigenvalue weighted by Crippen LogP contribution is -2.42. The van der Waals surface area contributed by atoms with Gasteiger partial charge < -0.3 is 15.0 Å². The maximum Gasteiger partial charge on any atom is 0.414 e. The van der Waals surface area contributed by atoms with E-state index >= 15 is 0 Å². The Morgan fingerprint density at radius 3 is 2.78 bits per heavy atom. The van der Waals surface area contributed by atoms with Crippen molar-refractivity contribution in [1.82, 2.24) is 4.90 Å². The first-order valence-electron chi connectivity index (χ1n) is 7.99. The summed E-state index contributed by atoms with van der Waals surface area (Å²) in [4.78, 5) is 27.4. The van der Waals surface area contributed by atoms with Gasteiger partial charge in [0.1, 0.15) is 6.61 Å². The molecule has 2 fully saturated rings. The van der Waals surface area contributed by atoms with E-state index < -0.39 is 0 Å². The molecule has 0 unspecified atom stereocenters. The third-order valence-corrected chi connectivity index (χ3v) is 5.12. The Morgan fingerprint density at radius 1 is 1.43 bits per heavy atom. The van der Waals surface area contributed by atoms with Gasteiger partial charge in [0.25, 0.3) is 0 Å². The number of carbonyl (C=O) groups excluding carboxylic acids is 2. The number of carbonyl (C=O) groups is 2. The molecule has 124 valence electrons. The molecule has 1 aliphatic heterocycles. The van der Waals surface area contributed by atoms with Gasteiger partial charge in [-0.2, -0.15) is 0 Å².